The van der Waals surface area contributed by atoms with Gasteiger partial charge in [0, 0.05) is 11.7 Å². The van der Waals surface area contributed by atoms with E-state index in [9.17, 15) is 4.79 Å². The van der Waals surface area contributed by atoms with Crippen LogP contribution in [0.5, 0.6) is 0 Å². The predicted octanol–water partition coefficient (Wildman–Crippen LogP) is 0.580. The Bertz CT molecular complexity index is 175. The first kappa shape index (κ1) is 7.62. The van der Waals surface area contributed by atoms with Crippen LogP contribution in [0.25, 0.3) is 0 Å². The van der Waals surface area contributed by atoms with Crippen molar-refractivity contribution in [3.8, 4) is 0 Å². The molecule has 0 radical (unpaired) electrons. The van der Waals surface area contributed by atoms with Gasteiger partial charge in [-0.15, -0.1) is 0 Å². The molecule has 3 fully saturated rings. The van der Waals surface area contributed by atoms with Crippen molar-refractivity contribution in [2.75, 3.05) is 18.8 Å². The second kappa shape index (κ2) is 2.79. The molecule has 3 heterocycles. The summed E-state index contributed by atoms with van der Waals surface area (Å²) < 4.78 is 0. The molecule has 0 aromatic heterocycles. The van der Waals surface area contributed by atoms with Gasteiger partial charge in [0.2, 0.25) is 0 Å². The Morgan fingerprint density at radius 2 is 2.09 bits per heavy atom. The Hall–Kier alpha value is -0.0200. The van der Waals surface area contributed by atoms with E-state index in [1.165, 1.54) is 0 Å². The molecule has 3 rings (SSSR count). The number of carbonyl (C=O) groups is 1. The fourth-order valence-electron chi connectivity index (χ4n) is 2.15. The molecule has 3 aliphatic rings. The molecule has 1 atom stereocenters. The summed E-state index contributed by atoms with van der Waals surface area (Å²) in [7, 11) is 0. The Morgan fingerprint density at radius 1 is 1.45 bits per heavy atom. The number of Topliss-reactive ketones (excluding diaryl/α,β-unsaturated/α-hetero) is 1. The summed E-state index contributed by atoms with van der Waals surface area (Å²) in [6.45, 7) is 2.23. The van der Waals surface area contributed by atoms with Gasteiger partial charge in [-0.05, 0) is 25.9 Å². The van der Waals surface area contributed by atoms with Crippen molar-refractivity contribution in [1.29, 1.82) is 0 Å². The van der Waals surface area contributed by atoms with Crippen LogP contribution >= 0.6 is 12.6 Å². The number of rotatable bonds is 1. The third-order valence-corrected chi connectivity index (χ3v) is 3.22. The first-order valence-electron chi connectivity index (χ1n) is 4.21. The highest BCUT2D eigenvalue weighted by atomic mass is 32.1. The van der Waals surface area contributed by atoms with Crippen LogP contribution in [0.15, 0.2) is 0 Å². The molecule has 0 amide bonds. The van der Waals surface area contributed by atoms with Crippen molar-refractivity contribution in [2.45, 2.75) is 18.9 Å². The van der Waals surface area contributed by atoms with Crippen molar-refractivity contribution in [2.24, 2.45) is 5.92 Å². The summed E-state index contributed by atoms with van der Waals surface area (Å²) in [6.07, 6.45) is 2.17. The third kappa shape index (κ3) is 1.11. The van der Waals surface area contributed by atoms with E-state index >= 15 is 0 Å². The quantitative estimate of drug-likeness (QED) is 0.582. The van der Waals surface area contributed by atoms with E-state index in [2.05, 4.69) is 17.5 Å². The Labute approximate surface area is 72.4 Å². The molecular formula is C8H13NOS. The lowest BCUT2D eigenvalue weighted by Crippen LogP contribution is -2.56. The minimum Gasteiger partial charge on any atom is -0.298 e. The monoisotopic (exact) mass is 171 g/mol. The molecule has 3 saturated heterocycles. The smallest absolute Gasteiger partial charge is 0.153 e. The van der Waals surface area contributed by atoms with Crippen LogP contribution in [0.2, 0.25) is 0 Å². The van der Waals surface area contributed by atoms with Crippen molar-refractivity contribution in [1.82, 2.24) is 4.90 Å². The third-order valence-electron chi connectivity index (χ3n) is 2.87. The lowest BCUT2D eigenvalue weighted by atomic mass is 9.83. The fraction of sp³-hybridized carbons (Fsp3) is 0.875. The molecular weight excluding hydrogens is 158 g/mol. The maximum Gasteiger partial charge on any atom is 0.153 e. The van der Waals surface area contributed by atoms with E-state index < -0.39 is 0 Å². The van der Waals surface area contributed by atoms with Gasteiger partial charge in [-0.1, -0.05) is 0 Å². The highest BCUT2D eigenvalue weighted by molar-refractivity contribution is 7.80. The number of carbonyl (C=O) groups excluding carboxylic acids is 1. The van der Waals surface area contributed by atoms with Gasteiger partial charge in [0.05, 0.1) is 6.04 Å². The lowest BCUT2D eigenvalue weighted by molar-refractivity contribution is -0.135. The van der Waals surface area contributed by atoms with Crippen molar-refractivity contribution >= 4 is 18.4 Å². The highest BCUT2D eigenvalue weighted by Gasteiger charge is 2.39. The first-order chi connectivity index (χ1) is 5.33. The summed E-state index contributed by atoms with van der Waals surface area (Å²) in [5.41, 5.74) is 0. The van der Waals surface area contributed by atoms with Crippen LogP contribution in [0.3, 0.4) is 0 Å². The van der Waals surface area contributed by atoms with E-state index in [-0.39, 0.29) is 6.04 Å². The average molecular weight is 171 g/mol. The Morgan fingerprint density at radius 3 is 2.45 bits per heavy atom. The van der Waals surface area contributed by atoms with Gasteiger partial charge in [-0.3, -0.25) is 9.69 Å². The van der Waals surface area contributed by atoms with E-state index in [0.717, 1.165) is 25.9 Å². The normalized spacial score (nSPS) is 43.0. The SMILES string of the molecule is O=C1C2CCN(CC2)[C@H]1CS. The van der Waals surface area contributed by atoms with Gasteiger partial charge in [0.25, 0.3) is 0 Å². The Balaban J connectivity index is 2.16. The summed E-state index contributed by atoms with van der Waals surface area (Å²) >= 11 is 4.19. The molecule has 62 valence electrons. The van der Waals surface area contributed by atoms with Gasteiger partial charge >= 0.3 is 0 Å². The number of piperidine rings is 3. The maximum atomic E-state index is 11.5. The molecule has 2 nitrogen and oxygen atoms in total. The van der Waals surface area contributed by atoms with Crippen LogP contribution in [0.1, 0.15) is 12.8 Å². The number of ketones is 1. The topological polar surface area (TPSA) is 20.3 Å². The summed E-state index contributed by atoms with van der Waals surface area (Å²) in [6, 6.07) is 0.144. The lowest BCUT2D eigenvalue weighted by Gasteiger charge is -2.43. The van der Waals surface area contributed by atoms with Crippen molar-refractivity contribution in [3.63, 3.8) is 0 Å². The van der Waals surface area contributed by atoms with Crippen molar-refractivity contribution < 1.29 is 4.79 Å². The maximum absolute atomic E-state index is 11.5. The number of nitrogens with zero attached hydrogens (tertiary/aromatic N) is 1. The average Bonchev–Trinajstić information content (AvgIpc) is 2.06. The van der Waals surface area contributed by atoms with Crippen LogP contribution in [0.4, 0.5) is 0 Å². The van der Waals surface area contributed by atoms with Crippen molar-refractivity contribution in [3.05, 3.63) is 0 Å². The van der Waals surface area contributed by atoms with E-state index in [4.69, 9.17) is 0 Å². The number of fused-ring (bicyclic) bond motifs is 3. The van der Waals surface area contributed by atoms with Gasteiger partial charge < -0.3 is 0 Å². The molecule has 3 heteroatoms. The fourth-order valence-corrected chi connectivity index (χ4v) is 2.56. The zero-order valence-electron chi connectivity index (χ0n) is 6.49. The van der Waals surface area contributed by atoms with Crippen LogP contribution < -0.4 is 0 Å². The summed E-state index contributed by atoms with van der Waals surface area (Å²) in [5.74, 6) is 1.52. The van der Waals surface area contributed by atoms with Gasteiger partial charge in [-0.2, -0.15) is 12.6 Å². The number of thiol groups is 1. The first-order valence-corrected chi connectivity index (χ1v) is 4.85. The van der Waals surface area contributed by atoms with Gasteiger partial charge in [-0.25, -0.2) is 0 Å². The minimum absolute atomic E-state index is 0.144. The molecule has 0 aliphatic carbocycles. The van der Waals surface area contributed by atoms with Crippen LogP contribution in [-0.4, -0.2) is 35.6 Å². The summed E-state index contributed by atoms with van der Waals surface area (Å²) in [4.78, 5) is 13.8. The molecule has 0 N–H and O–H groups in total. The number of hydrogen-bond acceptors (Lipinski definition) is 3. The van der Waals surface area contributed by atoms with Crippen LogP contribution in [0, 0.1) is 5.92 Å². The molecule has 0 aromatic rings. The van der Waals surface area contributed by atoms with E-state index in [1.54, 1.807) is 0 Å². The number of hydrogen-bond donors (Lipinski definition) is 1. The van der Waals surface area contributed by atoms with E-state index in [1.807, 2.05) is 0 Å². The summed E-state index contributed by atoms with van der Waals surface area (Å²) in [5, 5.41) is 0. The molecule has 3 aliphatic heterocycles. The minimum atomic E-state index is 0.144. The van der Waals surface area contributed by atoms with Gasteiger partial charge in [0.1, 0.15) is 0 Å². The second-order valence-corrected chi connectivity index (χ2v) is 3.78. The van der Waals surface area contributed by atoms with Gasteiger partial charge in [0.15, 0.2) is 5.78 Å². The largest absolute Gasteiger partial charge is 0.298 e. The second-order valence-electron chi connectivity index (χ2n) is 3.41. The zero-order valence-corrected chi connectivity index (χ0v) is 7.39. The van der Waals surface area contributed by atoms with Crippen LogP contribution in [-0.2, 0) is 4.79 Å². The highest BCUT2D eigenvalue weighted by Crippen LogP contribution is 2.29. The predicted molar refractivity (Wildman–Crippen MR) is 46.9 cm³/mol. The molecule has 0 unspecified atom stereocenters. The molecule has 0 aromatic carbocycles. The zero-order chi connectivity index (χ0) is 7.84. The molecule has 0 saturated carbocycles. The van der Waals surface area contributed by atoms with E-state index in [0.29, 0.717) is 17.5 Å². The molecule has 0 spiro atoms. The standard InChI is InChI=1S/C8H13NOS/c10-8-6-1-3-9(4-2-6)7(8)5-11/h6-7,11H,1-5H2/t7-/m0/s1. The molecule has 11 heavy (non-hydrogen) atoms. The Kier molecular flexibility index (Phi) is 1.93. The molecule has 2 bridgehead atoms.